The normalized spacial score (nSPS) is 12.8. The number of nitrogens with two attached hydrogens (primary N) is 3. The number of rotatable bonds is 4. The van der Waals surface area contributed by atoms with Gasteiger partial charge < -0.3 is 21.4 Å². The van der Waals surface area contributed by atoms with Gasteiger partial charge in [-0.05, 0) is 43.2 Å². The molecule has 10 nitrogen and oxygen atoms in total. The first-order valence-electron chi connectivity index (χ1n) is 10.8. The molecule has 14 heteroatoms. The molecule has 1 saturated carbocycles. The highest BCUT2D eigenvalue weighted by Crippen LogP contribution is 2.40. The van der Waals surface area contributed by atoms with Crippen molar-refractivity contribution in [1.29, 1.82) is 0 Å². The summed E-state index contributed by atoms with van der Waals surface area (Å²) in [7, 11) is -3.91. The minimum atomic E-state index is -3.91. The number of primary amides is 2. The Morgan fingerprint density at radius 1 is 0.947 bits per heavy atom. The number of hydrogen-bond donors (Lipinski definition) is 5. The Balaban J connectivity index is 0.00000121. The molecule has 0 unspecified atom stereocenters. The van der Waals surface area contributed by atoms with Crippen LogP contribution >= 0.6 is 36.9 Å². The van der Waals surface area contributed by atoms with Crippen LogP contribution in [0, 0.1) is 0 Å². The monoisotopic (exact) mass is 604 g/mol. The minimum absolute atomic E-state index is 0. The molecule has 4 rings (SSSR count). The number of carbonyl (C=O) groups excluding carboxylic acids is 2. The molecule has 2 amide bonds. The molecule has 1 aliphatic carbocycles. The van der Waals surface area contributed by atoms with Crippen LogP contribution in [0.4, 0.5) is 9.59 Å². The quantitative estimate of drug-likeness (QED) is 0.254. The van der Waals surface area contributed by atoms with E-state index in [1.54, 1.807) is 30.3 Å². The standard InChI is InChI=1S/C21H21ClN2O3S.2CH3NOS.CH4.H2O/c22-16-12-10-14(11-13-16)20-19(17-8-4-5-9-18(17)28(23,25)26)24-21(27-20)15-6-2-1-3-7-15;2*2-1(3)4;;/h4-5,8-13,15H,1-3,6-7H2,(H2,23,25,26);2*(H3,2,3,4);1H4;1H2. The van der Waals surface area contributed by atoms with Crippen molar-refractivity contribution in [3.05, 3.63) is 59.4 Å². The summed E-state index contributed by atoms with van der Waals surface area (Å²) >= 11 is 12.2. The summed E-state index contributed by atoms with van der Waals surface area (Å²) in [5, 5.41) is 4.78. The van der Waals surface area contributed by atoms with Crippen molar-refractivity contribution in [2.45, 2.75) is 50.3 Å². The maximum atomic E-state index is 12.1. The molecule has 0 aliphatic heterocycles. The zero-order valence-corrected chi connectivity index (χ0v) is 23.0. The van der Waals surface area contributed by atoms with Crippen molar-refractivity contribution in [3.63, 3.8) is 0 Å². The molecule has 1 fully saturated rings. The van der Waals surface area contributed by atoms with Gasteiger partial charge in [-0.3, -0.25) is 9.59 Å². The predicted molar refractivity (Wildman–Crippen MR) is 157 cm³/mol. The molecule has 3 aromatic rings. The minimum Gasteiger partial charge on any atom is -0.440 e. The Bertz CT molecular complexity index is 1270. The summed E-state index contributed by atoms with van der Waals surface area (Å²) in [6.45, 7) is 0. The second kappa shape index (κ2) is 16.4. The molecule has 38 heavy (non-hydrogen) atoms. The van der Waals surface area contributed by atoms with Gasteiger partial charge in [0, 0.05) is 22.1 Å². The summed E-state index contributed by atoms with van der Waals surface area (Å²) < 4.78 is 30.5. The van der Waals surface area contributed by atoms with E-state index in [0.717, 1.165) is 31.2 Å². The molecule has 1 aliphatic rings. The summed E-state index contributed by atoms with van der Waals surface area (Å²) in [5.74, 6) is 1.44. The first kappa shape index (κ1) is 35.5. The van der Waals surface area contributed by atoms with Crippen LogP contribution in [-0.4, -0.2) is 29.4 Å². The Morgan fingerprint density at radius 2 is 1.45 bits per heavy atom. The Kier molecular flexibility index (Phi) is 15.3. The van der Waals surface area contributed by atoms with E-state index in [9.17, 15) is 8.42 Å². The van der Waals surface area contributed by atoms with Crippen molar-refractivity contribution < 1.29 is 27.9 Å². The fourth-order valence-corrected chi connectivity index (χ4v) is 4.62. The zero-order valence-electron chi connectivity index (χ0n) is 19.6. The maximum absolute atomic E-state index is 12.1. The molecule has 0 radical (unpaired) electrons. The van der Waals surface area contributed by atoms with E-state index in [0.29, 0.717) is 27.9 Å². The van der Waals surface area contributed by atoms with Crippen LogP contribution in [0.1, 0.15) is 51.3 Å². The maximum Gasteiger partial charge on any atom is 0.273 e. The Labute approximate surface area is 238 Å². The van der Waals surface area contributed by atoms with Crippen molar-refractivity contribution in [2.24, 2.45) is 16.6 Å². The van der Waals surface area contributed by atoms with E-state index in [4.69, 9.17) is 35.7 Å². The number of nitrogens with zero attached hydrogens (tertiary/aromatic N) is 1. The first-order chi connectivity index (χ1) is 16.9. The van der Waals surface area contributed by atoms with E-state index >= 15 is 0 Å². The summed E-state index contributed by atoms with van der Waals surface area (Å²) in [6, 6.07) is 13.8. The molecule has 0 saturated heterocycles. The number of sulfonamides is 1. The summed E-state index contributed by atoms with van der Waals surface area (Å²) in [4.78, 5) is 23.0. The van der Waals surface area contributed by atoms with E-state index in [1.165, 1.54) is 12.5 Å². The van der Waals surface area contributed by atoms with Gasteiger partial charge >= 0.3 is 0 Å². The second-order valence-electron chi connectivity index (χ2n) is 7.79. The number of primary sulfonamides is 1. The SMILES string of the molecule is C.NC(=O)S.NC(=O)S.NS(=O)(=O)c1ccccc1-c1nc(C2CCCCC2)oc1-c1ccc(Cl)cc1.O. The third kappa shape index (κ3) is 11.1. The molecule has 8 N–H and O–H groups in total. The summed E-state index contributed by atoms with van der Waals surface area (Å²) in [6.07, 6.45) is 5.56. The van der Waals surface area contributed by atoms with Crippen molar-refractivity contribution in [3.8, 4) is 22.6 Å². The number of hydrogen-bond acceptors (Lipinski definition) is 6. The van der Waals surface area contributed by atoms with Gasteiger partial charge in [0.2, 0.25) is 10.0 Å². The highest BCUT2D eigenvalue weighted by atomic mass is 35.5. The molecular weight excluding hydrogens is 572 g/mol. The average Bonchev–Trinajstić information content (AvgIpc) is 3.24. The fraction of sp³-hybridized carbons (Fsp3) is 0.292. The largest absolute Gasteiger partial charge is 0.440 e. The number of aromatic nitrogens is 1. The smallest absolute Gasteiger partial charge is 0.273 e. The number of amides is 2. The third-order valence-corrected chi connectivity index (χ3v) is 6.37. The number of carbonyl (C=O) groups is 2. The van der Waals surface area contributed by atoms with Gasteiger partial charge in [-0.25, -0.2) is 18.5 Å². The van der Waals surface area contributed by atoms with Crippen LogP contribution in [0.3, 0.4) is 0 Å². The average molecular weight is 605 g/mol. The lowest BCUT2D eigenvalue weighted by Crippen LogP contribution is -2.13. The van der Waals surface area contributed by atoms with E-state index < -0.39 is 20.5 Å². The molecule has 210 valence electrons. The fourth-order valence-electron chi connectivity index (χ4n) is 3.75. The molecule has 2 aromatic carbocycles. The van der Waals surface area contributed by atoms with Crippen molar-refractivity contribution >= 4 is 57.4 Å². The van der Waals surface area contributed by atoms with Gasteiger partial charge in [0.1, 0.15) is 5.69 Å². The van der Waals surface area contributed by atoms with E-state index in [1.807, 2.05) is 12.1 Å². The topological polar surface area (TPSA) is 204 Å². The van der Waals surface area contributed by atoms with Crippen LogP contribution in [0.15, 0.2) is 57.8 Å². The van der Waals surface area contributed by atoms with Crippen LogP contribution in [0.25, 0.3) is 22.6 Å². The van der Waals surface area contributed by atoms with Gasteiger partial charge in [-0.1, -0.05) is 81.7 Å². The second-order valence-corrected chi connectivity index (χ2v) is 10.6. The van der Waals surface area contributed by atoms with Crippen LogP contribution in [0.2, 0.25) is 5.02 Å². The molecular formula is C24H33ClN4O6S3. The Hall–Kier alpha value is -2.55. The third-order valence-electron chi connectivity index (χ3n) is 5.15. The lowest BCUT2D eigenvalue weighted by atomic mass is 9.89. The number of halogens is 1. The van der Waals surface area contributed by atoms with Crippen molar-refractivity contribution in [2.75, 3.05) is 0 Å². The lowest BCUT2D eigenvalue weighted by Gasteiger charge is -2.17. The lowest BCUT2D eigenvalue weighted by molar-refractivity contribution is 0.266. The van der Waals surface area contributed by atoms with Gasteiger partial charge in [-0.2, -0.15) is 0 Å². The van der Waals surface area contributed by atoms with Gasteiger partial charge in [-0.15, -0.1) is 0 Å². The molecule has 0 spiro atoms. The van der Waals surface area contributed by atoms with Crippen LogP contribution in [-0.2, 0) is 10.0 Å². The highest BCUT2D eigenvalue weighted by Gasteiger charge is 2.27. The molecule has 1 aromatic heterocycles. The van der Waals surface area contributed by atoms with E-state index in [2.05, 4.69) is 36.7 Å². The van der Waals surface area contributed by atoms with Crippen molar-refractivity contribution in [1.82, 2.24) is 4.98 Å². The van der Waals surface area contributed by atoms with Gasteiger partial charge in [0.15, 0.2) is 11.7 Å². The first-order valence-corrected chi connectivity index (χ1v) is 13.6. The molecule has 0 atom stereocenters. The summed E-state index contributed by atoms with van der Waals surface area (Å²) in [5.41, 5.74) is 10.4. The zero-order chi connectivity index (χ0) is 26.9. The highest BCUT2D eigenvalue weighted by molar-refractivity contribution is 7.96. The van der Waals surface area contributed by atoms with Gasteiger partial charge in [0.25, 0.3) is 10.5 Å². The van der Waals surface area contributed by atoms with Crippen LogP contribution < -0.4 is 16.6 Å². The van der Waals surface area contributed by atoms with Gasteiger partial charge in [0.05, 0.1) is 4.90 Å². The predicted octanol–water partition coefficient (Wildman–Crippen LogP) is 5.16. The number of oxazole rings is 1. The van der Waals surface area contributed by atoms with E-state index in [-0.39, 0.29) is 23.7 Å². The van der Waals surface area contributed by atoms with Crippen LogP contribution in [0.5, 0.6) is 0 Å². The molecule has 0 bridgehead atoms. The Morgan fingerprint density at radius 3 is 1.95 bits per heavy atom. The number of thiol groups is 2. The molecule has 1 heterocycles. The number of benzene rings is 2.